The molecule has 0 aromatic heterocycles. The lowest BCUT2D eigenvalue weighted by Gasteiger charge is -2.20. The Hall–Kier alpha value is -1.08. The SMILES string of the molecule is CCCCCC1=C[N+]1(CCCC)c1ccccc1. The predicted octanol–water partition coefficient (Wildman–Crippen LogP) is 5.23. The van der Waals surface area contributed by atoms with Crippen LogP contribution in [0.25, 0.3) is 0 Å². The lowest BCUT2D eigenvalue weighted by atomic mass is 10.2. The number of hydrogen-bond acceptors (Lipinski definition) is 0. The van der Waals surface area contributed by atoms with Crippen molar-refractivity contribution in [2.75, 3.05) is 6.54 Å². The Balaban J connectivity index is 2.00. The van der Waals surface area contributed by atoms with Gasteiger partial charge in [-0.2, -0.15) is 0 Å². The highest BCUT2D eigenvalue weighted by Gasteiger charge is 2.46. The number of unbranched alkanes of at least 4 members (excludes halogenated alkanes) is 3. The highest BCUT2D eigenvalue weighted by Crippen LogP contribution is 2.43. The maximum atomic E-state index is 2.47. The summed E-state index contributed by atoms with van der Waals surface area (Å²) in [7, 11) is 0. The molecule has 0 aliphatic carbocycles. The average Bonchev–Trinajstić information content (AvgIpc) is 3.13. The topological polar surface area (TPSA) is 0 Å². The number of para-hydroxylation sites is 1. The van der Waals surface area contributed by atoms with Gasteiger partial charge in [0.05, 0.1) is 6.54 Å². The van der Waals surface area contributed by atoms with Crippen LogP contribution in [0.2, 0.25) is 0 Å². The first-order chi connectivity index (χ1) is 8.83. The minimum atomic E-state index is 1.07. The third-order valence-electron chi connectivity index (χ3n) is 3.93. The lowest BCUT2D eigenvalue weighted by molar-refractivity contribution is 0.509. The van der Waals surface area contributed by atoms with Crippen LogP contribution in [0.1, 0.15) is 52.4 Å². The Morgan fingerprint density at radius 2 is 1.61 bits per heavy atom. The van der Waals surface area contributed by atoms with E-state index in [1.165, 1.54) is 50.8 Å². The van der Waals surface area contributed by atoms with Gasteiger partial charge in [-0.15, -0.1) is 0 Å². The highest BCUT2D eigenvalue weighted by molar-refractivity contribution is 5.58. The molecule has 18 heavy (non-hydrogen) atoms. The van der Waals surface area contributed by atoms with Gasteiger partial charge in [-0.1, -0.05) is 51.3 Å². The zero-order chi connectivity index (χ0) is 12.8. The Labute approximate surface area is 112 Å². The summed E-state index contributed by atoms with van der Waals surface area (Å²) in [5.74, 6) is 0. The first-order valence-corrected chi connectivity index (χ1v) is 7.49. The van der Waals surface area contributed by atoms with Crippen LogP contribution in [0.3, 0.4) is 0 Å². The molecular weight excluding hydrogens is 218 g/mol. The van der Waals surface area contributed by atoms with Crippen molar-refractivity contribution >= 4 is 5.69 Å². The fraction of sp³-hybridized carbons (Fsp3) is 0.529. The second-order valence-electron chi connectivity index (χ2n) is 5.36. The first kappa shape index (κ1) is 13.4. The second-order valence-corrected chi connectivity index (χ2v) is 5.36. The normalized spacial score (nSPS) is 21.8. The molecule has 1 heterocycles. The van der Waals surface area contributed by atoms with Gasteiger partial charge in [0.1, 0.15) is 5.69 Å². The van der Waals surface area contributed by atoms with Crippen LogP contribution in [-0.4, -0.2) is 6.54 Å². The van der Waals surface area contributed by atoms with Gasteiger partial charge in [-0.3, -0.25) is 0 Å². The number of quaternary nitrogens is 1. The van der Waals surface area contributed by atoms with Crippen molar-refractivity contribution in [2.45, 2.75) is 52.4 Å². The average molecular weight is 244 g/mol. The molecular formula is C17H26N+. The molecule has 0 amide bonds. The molecule has 0 N–H and O–H groups in total. The van der Waals surface area contributed by atoms with E-state index in [1.54, 1.807) is 5.70 Å². The molecule has 2 rings (SSSR count). The maximum Gasteiger partial charge on any atom is 0.173 e. The van der Waals surface area contributed by atoms with E-state index >= 15 is 0 Å². The van der Waals surface area contributed by atoms with E-state index in [-0.39, 0.29) is 0 Å². The molecule has 98 valence electrons. The summed E-state index contributed by atoms with van der Waals surface area (Å²) in [6.45, 7) is 5.81. The first-order valence-electron chi connectivity index (χ1n) is 7.49. The van der Waals surface area contributed by atoms with Crippen LogP contribution in [0.4, 0.5) is 5.69 Å². The summed E-state index contributed by atoms with van der Waals surface area (Å²) in [6, 6.07) is 11.0. The van der Waals surface area contributed by atoms with E-state index in [0.29, 0.717) is 0 Å². The van der Waals surface area contributed by atoms with E-state index in [9.17, 15) is 0 Å². The molecule has 1 atom stereocenters. The molecule has 0 saturated heterocycles. The molecule has 0 saturated carbocycles. The minimum Gasteiger partial charge on any atom is -0.227 e. The van der Waals surface area contributed by atoms with E-state index in [4.69, 9.17) is 0 Å². The second kappa shape index (κ2) is 6.19. The Morgan fingerprint density at radius 3 is 2.28 bits per heavy atom. The van der Waals surface area contributed by atoms with E-state index in [1.807, 2.05) is 0 Å². The molecule has 0 bridgehead atoms. The Morgan fingerprint density at radius 1 is 0.889 bits per heavy atom. The largest absolute Gasteiger partial charge is 0.227 e. The predicted molar refractivity (Wildman–Crippen MR) is 80.2 cm³/mol. The quantitative estimate of drug-likeness (QED) is 0.434. The zero-order valence-electron chi connectivity index (χ0n) is 11.9. The van der Waals surface area contributed by atoms with Crippen LogP contribution in [0, 0.1) is 0 Å². The Kier molecular flexibility index (Phi) is 4.60. The van der Waals surface area contributed by atoms with Gasteiger partial charge < -0.3 is 0 Å². The fourth-order valence-corrected chi connectivity index (χ4v) is 2.72. The minimum absolute atomic E-state index is 1.07. The molecule has 1 aliphatic rings. The van der Waals surface area contributed by atoms with Crippen molar-refractivity contribution in [1.29, 1.82) is 0 Å². The van der Waals surface area contributed by atoms with Gasteiger partial charge >= 0.3 is 0 Å². The van der Waals surface area contributed by atoms with Crippen molar-refractivity contribution in [1.82, 2.24) is 4.48 Å². The van der Waals surface area contributed by atoms with Gasteiger partial charge in [0.2, 0.25) is 0 Å². The number of hydrogen-bond donors (Lipinski definition) is 0. The fourth-order valence-electron chi connectivity index (χ4n) is 2.72. The number of allylic oxidation sites excluding steroid dienone is 1. The van der Waals surface area contributed by atoms with Crippen LogP contribution < -0.4 is 4.48 Å². The van der Waals surface area contributed by atoms with Gasteiger partial charge in [0, 0.05) is 6.42 Å². The molecule has 0 radical (unpaired) electrons. The standard InChI is InChI=1S/C17H26N/c1-3-5-8-13-17-15-18(17,14-6-4-2)16-11-9-7-10-12-16/h7,9-12,15H,3-6,8,13-14H2,1-2H3/q+1. The zero-order valence-corrected chi connectivity index (χ0v) is 11.9. The van der Waals surface area contributed by atoms with Crippen molar-refractivity contribution in [3.8, 4) is 0 Å². The molecule has 0 spiro atoms. The Bertz CT molecular complexity index is 393. The molecule has 1 aromatic rings. The van der Waals surface area contributed by atoms with Gasteiger partial charge in [-0.25, -0.2) is 4.48 Å². The number of rotatable bonds is 8. The molecule has 1 aliphatic heterocycles. The van der Waals surface area contributed by atoms with E-state index < -0.39 is 0 Å². The van der Waals surface area contributed by atoms with E-state index in [2.05, 4.69) is 50.4 Å². The third-order valence-corrected chi connectivity index (χ3v) is 3.93. The summed E-state index contributed by atoms with van der Waals surface area (Å²) >= 11 is 0. The summed E-state index contributed by atoms with van der Waals surface area (Å²) in [5.41, 5.74) is 3.10. The van der Waals surface area contributed by atoms with Crippen molar-refractivity contribution < 1.29 is 0 Å². The maximum absolute atomic E-state index is 2.47. The summed E-state index contributed by atoms with van der Waals surface area (Å²) in [6.07, 6.45) is 10.4. The molecule has 1 heteroatoms. The summed E-state index contributed by atoms with van der Waals surface area (Å²) in [4.78, 5) is 0. The molecule has 0 fully saturated rings. The smallest absolute Gasteiger partial charge is 0.173 e. The van der Waals surface area contributed by atoms with Gasteiger partial charge in [0.25, 0.3) is 0 Å². The number of benzene rings is 1. The van der Waals surface area contributed by atoms with Gasteiger partial charge in [-0.05, 0) is 25.0 Å². The van der Waals surface area contributed by atoms with Crippen molar-refractivity contribution in [3.63, 3.8) is 0 Å². The third kappa shape index (κ3) is 2.84. The number of nitrogens with zero attached hydrogens (tertiary/aromatic N) is 1. The highest BCUT2D eigenvalue weighted by atomic mass is 15.4. The van der Waals surface area contributed by atoms with Crippen LogP contribution >= 0.6 is 0 Å². The summed E-state index contributed by atoms with van der Waals surface area (Å²) in [5, 5.41) is 0. The molecule has 1 aromatic carbocycles. The summed E-state index contributed by atoms with van der Waals surface area (Å²) < 4.78 is 1.07. The monoisotopic (exact) mass is 244 g/mol. The van der Waals surface area contributed by atoms with Crippen molar-refractivity contribution in [3.05, 3.63) is 42.2 Å². The molecule has 1 unspecified atom stereocenters. The molecule has 1 nitrogen and oxygen atoms in total. The van der Waals surface area contributed by atoms with Gasteiger partial charge in [0.15, 0.2) is 11.9 Å². The lowest BCUT2D eigenvalue weighted by Crippen LogP contribution is -2.29. The van der Waals surface area contributed by atoms with Crippen LogP contribution in [0.5, 0.6) is 0 Å². The van der Waals surface area contributed by atoms with Crippen molar-refractivity contribution in [2.24, 2.45) is 0 Å². The van der Waals surface area contributed by atoms with E-state index in [0.717, 1.165) is 4.48 Å². The van der Waals surface area contributed by atoms with Crippen LogP contribution in [-0.2, 0) is 0 Å². The van der Waals surface area contributed by atoms with Crippen LogP contribution in [0.15, 0.2) is 42.2 Å².